The molecule has 0 aromatic heterocycles. The number of carboxylic acid groups (broad SMARTS) is 1. The summed E-state index contributed by atoms with van der Waals surface area (Å²) in [6.07, 6.45) is 0.709. The van der Waals surface area contributed by atoms with E-state index in [1.54, 1.807) is 18.2 Å². The molecule has 4 N–H and O–H groups in total. The number of hydrogen-bond acceptors (Lipinski definition) is 4. The molecule has 0 amide bonds. The molecule has 0 saturated heterocycles. The van der Waals surface area contributed by atoms with Crippen LogP contribution < -0.4 is 10.5 Å². The number of sulfonamides is 1. The van der Waals surface area contributed by atoms with Crippen molar-refractivity contribution < 1.29 is 18.3 Å². The van der Waals surface area contributed by atoms with E-state index < -0.39 is 21.9 Å². The summed E-state index contributed by atoms with van der Waals surface area (Å²) >= 11 is 0. The molecule has 1 fully saturated rings. The monoisotopic (exact) mass is 298 g/mol. The highest BCUT2D eigenvalue weighted by molar-refractivity contribution is 7.88. The fraction of sp³-hybridized carbons (Fsp3) is 0.462. The van der Waals surface area contributed by atoms with Crippen LogP contribution >= 0.6 is 0 Å². The zero-order chi connectivity index (χ0) is 14.8. The van der Waals surface area contributed by atoms with E-state index in [-0.39, 0.29) is 18.3 Å². The molecule has 0 atom stereocenters. The maximum absolute atomic E-state index is 12.0. The molecule has 1 aromatic rings. The molecule has 7 heteroatoms. The third-order valence-corrected chi connectivity index (χ3v) is 4.90. The molecule has 1 aliphatic carbocycles. The van der Waals surface area contributed by atoms with Gasteiger partial charge >= 0.3 is 5.97 Å². The molecule has 0 spiro atoms. The number of benzene rings is 1. The van der Waals surface area contributed by atoms with Gasteiger partial charge in [0.2, 0.25) is 10.0 Å². The van der Waals surface area contributed by atoms with Crippen LogP contribution in [0.2, 0.25) is 0 Å². The molecule has 0 bridgehead atoms. The normalized spacial score (nSPS) is 22.2. The fourth-order valence-electron chi connectivity index (χ4n) is 2.31. The van der Waals surface area contributed by atoms with E-state index in [1.165, 1.54) is 0 Å². The highest BCUT2D eigenvalue weighted by atomic mass is 32.2. The van der Waals surface area contributed by atoms with Gasteiger partial charge in [0.25, 0.3) is 0 Å². The lowest BCUT2D eigenvalue weighted by Gasteiger charge is -2.32. The molecule has 110 valence electrons. The lowest BCUT2D eigenvalue weighted by molar-refractivity contribution is -0.145. The average molecular weight is 298 g/mol. The molecule has 0 unspecified atom stereocenters. The zero-order valence-electron chi connectivity index (χ0n) is 11.0. The Bertz CT molecular complexity index is 594. The van der Waals surface area contributed by atoms with Crippen LogP contribution in [0.25, 0.3) is 0 Å². The number of nitrogens with two attached hydrogens (primary N) is 1. The number of rotatable bonds is 6. The first kappa shape index (κ1) is 15.0. The molecule has 1 saturated carbocycles. The van der Waals surface area contributed by atoms with Crippen molar-refractivity contribution in [1.29, 1.82) is 0 Å². The Morgan fingerprint density at radius 1 is 1.30 bits per heavy atom. The van der Waals surface area contributed by atoms with Crippen molar-refractivity contribution in [2.75, 3.05) is 0 Å². The number of carboxylic acids is 1. The van der Waals surface area contributed by atoms with Crippen LogP contribution in [0.1, 0.15) is 24.0 Å². The van der Waals surface area contributed by atoms with Crippen LogP contribution in [0.5, 0.6) is 0 Å². The second kappa shape index (κ2) is 5.90. The fourth-order valence-corrected chi connectivity index (χ4v) is 3.79. The van der Waals surface area contributed by atoms with Gasteiger partial charge in [-0.15, -0.1) is 0 Å². The molecule has 0 aliphatic heterocycles. The van der Waals surface area contributed by atoms with Crippen LogP contribution in [0, 0.1) is 5.92 Å². The van der Waals surface area contributed by atoms with Crippen molar-refractivity contribution in [2.24, 2.45) is 11.7 Å². The predicted molar refractivity (Wildman–Crippen MR) is 74.2 cm³/mol. The van der Waals surface area contributed by atoms with Gasteiger partial charge < -0.3 is 10.8 Å². The third kappa shape index (κ3) is 3.56. The Labute approximate surface area is 118 Å². The minimum Gasteiger partial charge on any atom is -0.481 e. The van der Waals surface area contributed by atoms with Crippen molar-refractivity contribution >= 4 is 16.0 Å². The van der Waals surface area contributed by atoms with Gasteiger partial charge in [-0.25, -0.2) is 13.1 Å². The van der Waals surface area contributed by atoms with Gasteiger partial charge in [-0.3, -0.25) is 4.79 Å². The summed E-state index contributed by atoms with van der Waals surface area (Å²) in [6.45, 7) is 0.288. The summed E-state index contributed by atoms with van der Waals surface area (Å²) in [7, 11) is -3.47. The molecule has 1 aromatic carbocycles. The minimum atomic E-state index is -3.47. The maximum Gasteiger partial charge on any atom is 0.306 e. The van der Waals surface area contributed by atoms with Crippen molar-refractivity contribution in [1.82, 2.24) is 4.72 Å². The van der Waals surface area contributed by atoms with E-state index in [0.717, 1.165) is 5.56 Å². The number of nitrogens with one attached hydrogen (secondary N) is 1. The molecule has 20 heavy (non-hydrogen) atoms. The van der Waals surface area contributed by atoms with E-state index in [2.05, 4.69) is 4.72 Å². The Balaban J connectivity index is 1.97. The Kier molecular flexibility index (Phi) is 4.42. The quantitative estimate of drug-likeness (QED) is 0.705. The van der Waals surface area contributed by atoms with Gasteiger partial charge in [-0.1, -0.05) is 24.3 Å². The average Bonchev–Trinajstić information content (AvgIpc) is 2.33. The number of aliphatic carboxylic acids is 1. The molecule has 1 aliphatic rings. The predicted octanol–water partition coefficient (Wildman–Crippen LogP) is 0.428. The lowest BCUT2D eigenvalue weighted by Crippen LogP contribution is -2.46. The number of hydrogen-bond donors (Lipinski definition) is 3. The topological polar surface area (TPSA) is 109 Å². The Morgan fingerprint density at radius 2 is 1.90 bits per heavy atom. The van der Waals surface area contributed by atoms with Crippen molar-refractivity contribution in [3.05, 3.63) is 35.4 Å². The first-order chi connectivity index (χ1) is 9.41. The van der Waals surface area contributed by atoms with E-state index in [4.69, 9.17) is 10.8 Å². The summed E-state index contributed by atoms with van der Waals surface area (Å²) in [5.74, 6) is -1.43. The standard InChI is InChI=1S/C13H18N2O4S/c14-7-9-3-1-2-4-10(9)8-20(18,19)15-12-5-11(6-12)13(16)17/h1-4,11-12,15H,5-8,14H2,(H,16,17)/t11-,12+. The molecule has 2 rings (SSSR count). The van der Waals surface area contributed by atoms with E-state index >= 15 is 0 Å². The summed E-state index contributed by atoms with van der Waals surface area (Å²) < 4.78 is 26.6. The van der Waals surface area contributed by atoms with Crippen LogP contribution in [0.4, 0.5) is 0 Å². The number of carbonyl (C=O) groups is 1. The van der Waals surface area contributed by atoms with Crippen molar-refractivity contribution in [3.63, 3.8) is 0 Å². The summed E-state index contributed by atoms with van der Waals surface area (Å²) in [5, 5.41) is 8.76. The van der Waals surface area contributed by atoms with Gasteiger partial charge in [0.1, 0.15) is 0 Å². The summed E-state index contributed by atoms with van der Waals surface area (Å²) in [6, 6.07) is 6.85. The highest BCUT2D eigenvalue weighted by Crippen LogP contribution is 2.28. The summed E-state index contributed by atoms with van der Waals surface area (Å²) in [4.78, 5) is 10.7. The van der Waals surface area contributed by atoms with E-state index in [1.807, 2.05) is 6.07 Å². The van der Waals surface area contributed by atoms with Crippen molar-refractivity contribution in [3.8, 4) is 0 Å². The summed E-state index contributed by atoms with van der Waals surface area (Å²) in [5.41, 5.74) is 7.06. The van der Waals surface area contributed by atoms with E-state index in [0.29, 0.717) is 18.4 Å². The maximum atomic E-state index is 12.0. The first-order valence-corrected chi connectivity index (χ1v) is 8.06. The zero-order valence-corrected chi connectivity index (χ0v) is 11.8. The van der Waals surface area contributed by atoms with Crippen LogP contribution in [0.3, 0.4) is 0 Å². The Hall–Kier alpha value is -1.44. The van der Waals surface area contributed by atoms with Gasteiger partial charge in [0.15, 0.2) is 0 Å². The second-order valence-electron chi connectivity index (χ2n) is 5.05. The molecular weight excluding hydrogens is 280 g/mol. The molecule has 0 heterocycles. The SMILES string of the molecule is NCc1ccccc1CS(=O)(=O)N[C@H]1C[C@@H](C(=O)O)C1. The third-order valence-electron chi connectivity index (χ3n) is 3.52. The van der Waals surface area contributed by atoms with Gasteiger partial charge in [0, 0.05) is 12.6 Å². The molecular formula is C13H18N2O4S. The van der Waals surface area contributed by atoms with Gasteiger partial charge in [-0.2, -0.15) is 0 Å². The highest BCUT2D eigenvalue weighted by Gasteiger charge is 2.36. The van der Waals surface area contributed by atoms with Gasteiger partial charge in [0.05, 0.1) is 11.7 Å². The van der Waals surface area contributed by atoms with Gasteiger partial charge in [-0.05, 0) is 24.0 Å². The largest absolute Gasteiger partial charge is 0.481 e. The lowest BCUT2D eigenvalue weighted by atomic mass is 9.81. The van der Waals surface area contributed by atoms with E-state index in [9.17, 15) is 13.2 Å². The molecule has 0 radical (unpaired) electrons. The van der Waals surface area contributed by atoms with Crippen molar-refractivity contribution in [2.45, 2.75) is 31.2 Å². The van der Waals surface area contributed by atoms with Crippen LogP contribution in [-0.4, -0.2) is 25.5 Å². The smallest absolute Gasteiger partial charge is 0.306 e. The van der Waals surface area contributed by atoms with Crippen LogP contribution in [0.15, 0.2) is 24.3 Å². The second-order valence-corrected chi connectivity index (χ2v) is 6.81. The minimum absolute atomic E-state index is 0.130. The Morgan fingerprint density at radius 3 is 2.45 bits per heavy atom. The first-order valence-electron chi connectivity index (χ1n) is 6.41. The molecule has 6 nitrogen and oxygen atoms in total. The van der Waals surface area contributed by atoms with Crippen LogP contribution in [-0.2, 0) is 27.1 Å².